The van der Waals surface area contributed by atoms with Crippen molar-refractivity contribution in [1.29, 1.82) is 0 Å². The molecule has 1 aromatic carbocycles. The summed E-state index contributed by atoms with van der Waals surface area (Å²) in [4.78, 5) is 26.5. The lowest BCUT2D eigenvalue weighted by Crippen LogP contribution is -2.33. The molecule has 20 heavy (non-hydrogen) atoms. The van der Waals surface area contributed by atoms with Crippen molar-refractivity contribution in [1.82, 2.24) is 0 Å². The summed E-state index contributed by atoms with van der Waals surface area (Å²) >= 11 is 12.1. The Morgan fingerprint density at radius 3 is 2.20 bits per heavy atom. The Kier molecular flexibility index (Phi) is 2.54. The van der Waals surface area contributed by atoms with E-state index in [9.17, 15) is 9.59 Å². The fourth-order valence-electron chi connectivity index (χ4n) is 3.80. The van der Waals surface area contributed by atoms with E-state index in [1.807, 2.05) is 0 Å². The molecule has 1 saturated carbocycles. The van der Waals surface area contributed by atoms with Gasteiger partial charge in [0, 0.05) is 5.02 Å². The van der Waals surface area contributed by atoms with Gasteiger partial charge in [-0.1, -0.05) is 35.4 Å². The minimum Gasteiger partial charge on any atom is -0.274 e. The van der Waals surface area contributed by atoms with E-state index < -0.39 is 0 Å². The number of anilines is 1. The number of hydrogen-bond donors (Lipinski definition) is 0. The third-order valence-corrected chi connectivity index (χ3v) is 5.17. The van der Waals surface area contributed by atoms with Crippen LogP contribution in [0.3, 0.4) is 0 Å². The van der Waals surface area contributed by atoms with Crippen LogP contribution in [0.2, 0.25) is 10.0 Å². The molecule has 0 aromatic heterocycles. The predicted octanol–water partition coefficient (Wildman–Crippen LogP) is 3.30. The van der Waals surface area contributed by atoms with Gasteiger partial charge >= 0.3 is 0 Å². The Labute approximate surface area is 126 Å². The second-order valence-corrected chi connectivity index (χ2v) is 6.45. The number of benzene rings is 1. The van der Waals surface area contributed by atoms with Crippen LogP contribution in [0.25, 0.3) is 0 Å². The quantitative estimate of drug-likeness (QED) is 0.589. The maximum Gasteiger partial charge on any atom is 0.238 e. The maximum atomic E-state index is 12.6. The smallest absolute Gasteiger partial charge is 0.238 e. The second-order valence-electron chi connectivity index (χ2n) is 5.61. The number of imide groups is 1. The van der Waals surface area contributed by atoms with E-state index in [2.05, 4.69) is 12.2 Å². The van der Waals surface area contributed by atoms with Crippen molar-refractivity contribution in [2.24, 2.45) is 23.7 Å². The fraction of sp³-hybridized carbons (Fsp3) is 0.333. The first kappa shape index (κ1) is 12.4. The van der Waals surface area contributed by atoms with Crippen LogP contribution in [-0.4, -0.2) is 11.8 Å². The number of carbonyl (C=O) groups excluding carboxylic acids is 2. The van der Waals surface area contributed by atoms with Crippen LogP contribution < -0.4 is 4.90 Å². The molecule has 5 heteroatoms. The van der Waals surface area contributed by atoms with Crippen molar-refractivity contribution in [3.05, 3.63) is 40.4 Å². The van der Waals surface area contributed by atoms with Gasteiger partial charge in [0.05, 0.1) is 22.5 Å². The zero-order valence-corrected chi connectivity index (χ0v) is 11.9. The number of allylic oxidation sites excluding steroid dienone is 2. The number of fused-ring (bicyclic) bond motifs is 5. The van der Waals surface area contributed by atoms with Crippen LogP contribution in [0, 0.1) is 23.7 Å². The highest BCUT2D eigenvalue weighted by Crippen LogP contribution is 2.53. The molecular weight excluding hydrogens is 297 g/mol. The van der Waals surface area contributed by atoms with Crippen LogP contribution in [-0.2, 0) is 9.59 Å². The van der Waals surface area contributed by atoms with E-state index in [1.165, 1.54) is 4.90 Å². The number of carbonyl (C=O) groups is 2. The molecule has 0 radical (unpaired) electrons. The maximum absolute atomic E-state index is 12.6. The molecule has 3 nitrogen and oxygen atoms in total. The molecule has 1 heterocycles. The summed E-state index contributed by atoms with van der Waals surface area (Å²) in [7, 11) is 0. The second kappa shape index (κ2) is 4.09. The fourth-order valence-corrected chi connectivity index (χ4v) is 4.17. The molecule has 1 aromatic rings. The topological polar surface area (TPSA) is 37.4 Å². The summed E-state index contributed by atoms with van der Waals surface area (Å²) in [5.74, 6) is -0.309. The van der Waals surface area contributed by atoms with Crippen molar-refractivity contribution in [2.45, 2.75) is 6.42 Å². The highest BCUT2D eigenvalue weighted by atomic mass is 35.5. The molecule has 2 fully saturated rings. The van der Waals surface area contributed by atoms with Gasteiger partial charge in [-0.3, -0.25) is 9.59 Å². The molecule has 2 bridgehead atoms. The third-order valence-electron chi connectivity index (χ3n) is 4.62. The molecule has 4 rings (SSSR count). The van der Waals surface area contributed by atoms with Gasteiger partial charge in [0.2, 0.25) is 11.8 Å². The van der Waals surface area contributed by atoms with E-state index >= 15 is 0 Å². The van der Waals surface area contributed by atoms with Gasteiger partial charge in [0.1, 0.15) is 0 Å². The van der Waals surface area contributed by atoms with Crippen molar-refractivity contribution < 1.29 is 9.59 Å². The minimum atomic E-state index is -0.215. The van der Waals surface area contributed by atoms with Crippen LogP contribution in [0.5, 0.6) is 0 Å². The highest BCUT2D eigenvalue weighted by molar-refractivity contribution is 6.37. The Hall–Kier alpha value is -1.32. The van der Waals surface area contributed by atoms with E-state index in [0.29, 0.717) is 15.7 Å². The normalized spacial score (nSPS) is 34.2. The summed E-state index contributed by atoms with van der Waals surface area (Å²) in [5.41, 5.74) is 0.406. The molecule has 1 saturated heterocycles. The molecular formula is C15H11Cl2NO2. The first-order chi connectivity index (χ1) is 9.58. The van der Waals surface area contributed by atoms with Crippen LogP contribution in [0.1, 0.15) is 6.42 Å². The number of rotatable bonds is 1. The molecule has 0 N–H and O–H groups in total. The van der Waals surface area contributed by atoms with E-state index in [1.54, 1.807) is 18.2 Å². The Morgan fingerprint density at radius 2 is 1.60 bits per heavy atom. The van der Waals surface area contributed by atoms with Gasteiger partial charge in [-0.25, -0.2) is 4.90 Å². The lowest BCUT2D eigenvalue weighted by Gasteiger charge is -2.18. The molecule has 2 aliphatic carbocycles. The Bertz CT molecular complexity index is 640. The zero-order valence-electron chi connectivity index (χ0n) is 10.4. The Balaban J connectivity index is 1.80. The molecule has 3 aliphatic rings. The average molecular weight is 308 g/mol. The molecule has 4 atom stereocenters. The Morgan fingerprint density at radius 1 is 1.00 bits per heavy atom. The highest BCUT2D eigenvalue weighted by Gasteiger charge is 2.59. The molecule has 102 valence electrons. The van der Waals surface area contributed by atoms with Crippen molar-refractivity contribution >= 4 is 40.7 Å². The van der Waals surface area contributed by atoms with Gasteiger partial charge in [-0.15, -0.1) is 0 Å². The summed E-state index contributed by atoms with van der Waals surface area (Å²) in [6.07, 6.45) is 5.06. The van der Waals surface area contributed by atoms with E-state index in [4.69, 9.17) is 23.2 Å². The largest absolute Gasteiger partial charge is 0.274 e. The summed E-state index contributed by atoms with van der Waals surface area (Å²) in [6, 6.07) is 4.83. The number of amides is 2. The van der Waals surface area contributed by atoms with Gasteiger partial charge in [-0.2, -0.15) is 0 Å². The van der Waals surface area contributed by atoms with Crippen molar-refractivity contribution in [3.63, 3.8) is 0 Å². The lowest BCUT2D eigenvalue weighted by atomic mass is 9.85. The molecule has 0 spiro atoms. The first-order valence-corrected chi connectivity index (χ1v) is 7.34. The molecule has 2 amide bonds. The first-order valence-electron chi connectivity index (χ1n) is 6.59. The summed E-state index contributed by atoms with van der Waals surface area (Å²) in [6.45, 7) is 0. The van der Waals surface area contributed by atoms with Crippen LogP contribution in [0.4, 0.5) is 5.69 Å². The van der Waals surface area contributed by atoms with Gasteiger partial charge in [-0.05, 0) is 36.5 Å². The van der Waals surface area contributed by atoms with E-state index in [-0.39, 0.29) is 35.5 Å². The van der Waals surface area contributed by atoms with Crippen molar-refractivity contribution in [3.8, 4) is 0 Å². The summed E-state index contributed by atoms with van der Waals surface area (Å²) < 4.78 is 0. The summed E-state index contributed by atoms with van der Waals surface area (Å²) in [5, 5.41) is 0.833. The monoisotopic (exact) mass is 307 g/mol. The van der Waals surface area contributed by atoms with Gasteiger partial charge in [0.25, 0.3) is 0 Å². The average Bonchev–Trinajstić information content (AvgIpc) is 3.08. The SMILES string of the molecule is O=C1[C@@H]2[C@H](C(=O)N1c1cc(Cl)ccc1Cl)[C@H]1C=C[C@H]2C1. The van der Waals surface area contributed by atoms with Crippen molar-refractivity contribution in [2.75, 3.05) is 4.90 Å². The van der Waals surface area contributed by atoms with Crippen LogP contribution in [0.15, 0.2) is 30.4 Å². The van der Waals surface area contributed by atoms with Gasteiger partial charge in [0.15, 0.2) is 0 Å². The number of nitrogens with zero attached hydrogens (tertiary/aromatic N) is 1. The third kappa shape index (κ3) is 1.48. The van der Waals surface area contributed by atoms with Crippen LogP contribution >= 0.6 is 23.2 Å². The number of halogens is 2. The number of hydrogen-bond acceptors (Lipinski definition) is 2. The standard InChI is InChI=1S/C15H11Cl2NO2/c16-9-3-4-10(17)11(6-9)18-14(19)12-7-1-2-8(5-7)13(12)15(18)20/h1-4,6-8,12-13H,5H2/t7-,8-,12-,13+/m0/s1. The zero-order chi connectivity index (χ0) is 14.0. The predicted molar refractivity (Wildman–Crippen MR) is 76.7 cm³/mol. The van der Waals surface area contributed by atoms with E-state index in [0.717, 1.165) is 6.42 Å². The minimum absolute atomic E-state index is 0.138. The van der Waals surface area contributed by atoms with Gasteiger partial charge < -0.3 is 0 Å². The molecule has 0 unspecified atom stereocenters. The molecule has 1 aliphatic heterocycles. The lowest BCUT2D eigenvalue weighted by molar-refractivity contribution is -0.123.